The van der Waals surface area contributed by atoms with Crippen molar-refractivity contribution in [1.82, 2.24) is 0 Å². The molecule has 3 rings (SSSR count). The third-order valence-electron chi connectivity index (χ3n) is 4.43. The number of rotatable bonds is 5. The van der Waals surface area contributed by atoms with Crippen LogP contribution in [0.5, 0.6) is 5.75 Å². The highest BCUT2D eigenvalue weighted by molar-refractivity contribution is 6.04. The largest absolute Gasteiger partial charge is 0.490 e. The lowest BCUT2D eigenvalue weighted by molar-refractivity contribution is 0.102. The van der Waals surface area contributed by atoms with Crippen molar-refractivity contribution in [3.63, 3.8) is 0 Å². The minimum absolute atomic E-state index is 0.0478. The second kappa shape index (κ2) is 7.49. The Hall–Kier alpha value is -2.33. The Bertz CT molecular complexity index is 721. The first-order valence-electron chi connectivity index (χ1n) is 8.44. The fourth-order valence-electron chi connectivity index (χ4n) is 3.01. The fourth-order valence-corrected chi connectivity index (χ4v) is 3.01. The molecular formula is C20H23NO3. The minimum atomic E-state index is -0.176. The lowest BCUT2D eigenvalue weighted by Gasteiger charge is -2.14. The monoisotopic (exact) mass is 325 g/mol. The minimum Gasteiger partial charge on any atom is -0.490 e. The van der Waals surface area contributed by atoms with Gasteiger partial charge in [-0.2, -0.15) is 0 Å². The first-order valence-corrected chi connectivity index (χ1v) is 8.44. The van der Waals surface area contributed by atoms with E-state index in [0.29, 0.717) is 11.3 Å². The maximum absolute atomic E-state index is 12.5. The van der Waals surface area contributed by atoms with Crippen molar-refractivity contribution in [2.75, 3.05) is 5.32 Å². The molecule has 4 heteroatoms. The number of nitrogens with one attached hydrogen (secondary N) is 1. The number of anilines is 1. The predicted octanol–water partition coefficient (Wildman–Crippen LogP) is 4.06. The van der Waals surface area contributed by atoms with Crippen molar-refractivity contribution in [2.45, 2.75) is 45.3 Å². The maximum Gasteiger partial charge on any atom is 0.255 e. The van der Waals surface area contributed by atoms with Crippen LogP contribution in [0.4, 0.5) is 5.69 Å². The van der Waals surface area contributed by atoms with Crippen LogP contribution in [0.2, 0.25) is 0 Å². The van der Waals surface area contributed by atoms with E-state index >= 15 is 0 Å². The zero-order chi connectivity index (χ0) is 16.9. The summed E-state index contributed by atoms with van der Waals surface area (Å²) in [5.74, 6) is 0.570. The van der Waals surface area contributed by atoms with Gasteiger partial charge in [0.2, 0.25) is 0 Å². The highest BCUT2D eigenvalue weighted by Gasteiger charge is 2.17. The summed E-state index contributed by atoms with van der Waals surface area (Å²) in [5.41, 5.74) is 3.01. The zero-order valence-corrected chi connectivity index (χ0v) is 13.9. The van der Waals surface area contributed by atoms with Crippen LogP contribution in [-0.4, -0.2) is 17.1 Å². The molecule has 1 amide bonds. The molecule has 126 valence electrons. The number of carbonyl (C=O) groups is 1. The van der Waals surface area contributed by atoms with Gasteiger partial charge in [0, 0.05) is 11.3 Å². The first-order chi connectivity index (χ1) is 11.7. The van der Waals surface area contributed by atoms with Crippen LogP contribution in [-0.2, 0) is 6.61 Å². The van der Waals surface area contributed by atoms with Gasteiger partial charge in [0.15, 0.2) is 0 Å². The van der Waals surface area contributed by atoms with E-state index in [9.17, 15) is 9.90 Å². The van der Waals surface area contributed by atoms with E-state index < -0.39 is 0 Å². The molecule has 24 heavy (non-hydrogen) atoms. The standard InChI is InChI=1S/C20H23NO3/c1-14-9-10-15(13-22)11-19(14)21-20(23)16-5-4-8-18(12-16)24-17-6-2-3-7-17/h4-5,8-12,17,22H,2-3,6-7,13H2,1H3,(H,21,23). The molecule has 1 aliphatic carbocycles. The molecule has 0 radical (unpaired) electrons. The lowest BCUT2D eigenvalue weighted by atomic mass is 10.1. The van der Waals surface area contributed by atoms with E-state index in [4.69, 9.17) is 4.74 Å². The third-order valence-corrected chi connectivity index (χ3v) is 4.43. The Morgan fingerprint density at radius 3 is 2.75 bits per heavy atom. The van der Waals surface area contributed by atoms with E-state index in [2.05, 4.69) is 5.32 Å². The molecule has 0 spiro atoms. The summed E-state index contributed by atoms with van der Waals surface area (Å²) in [6, 6.07) is 12.8. The molecule has 1 aliphatic rings. The van der Waals surface area contributed by atoms with Gasteiger partial charge >= 0.3 is 0 Å². The van der Waals surface area contributed by atoms with E-state index in [1.54, 1.807) is 18.2 Å². The maximum atomic E-state index is 12.5. The normalized spacial score (nSPS) is 14.6. The summed E-state index contributed by atoms with van der Waals surface area (Å²) < 4.78 is 5.96. The van der Waals surface area contributed by atoms with Gasteiger partial charge in [-0.15, -0.1) is 0 Å². The Morgan fingerprint density at radius 1 is 1.21 bits per heavy atom. The Balaban J connectivity index is 1.72. The molecule has 0 aromatic heterocycles. The van der Waals surface area contributed by atoms with Gasteiger partial charge in [0.1, 0.15) is 5.75 Å². The Labute approximate surface area is 142 Å². The summed E-state index contributed by atoms with van der Waals surface area (Å²) in [6.45, 7) is 1.88. The number of amides is 1. The van der Waals surface area contributed by atoms with E-state index in [1.165, 1.54) is 12.8 Å². The number of aliphatic hydroxyl groups is 1. The summed E-state index contributed by atoms with van der Waals surface area (Å²) in [4.78, 5) is 12.5. The van der Waals surface area contributed by atoms with Gasteiger partial charge in [-0.1, -0.05) is 18.2 Å². The number of aryl methyl sites for hydroxylation is 1. The number of aliphatic hydroxyl groups excluding tert-OH is 1. The molecule has 0 unspecified atom stereocenters. The van der Waals surface area contributed by atoms with Crippen molar-refractivity contribution in [3.05, 3.63) is 59.2 Å². The smallest absolute Gasteiger partial charge is 0.255 e. The number of hydrogen-bond acceptors (Lipinski definition) is 3. The van der Waals surface area contributed by atoms with E-state index in [-0.39, 0.29) is 18.6 Å². The van der Waals surface area contributed by atoms with Crippen LogP contribution in [0.25, 0.3) is 0 Å². The molecule has 4 nitrogen and oxygen atoms in total. The fraction of sp³-hybridized carbons (Fsp3) is 0.350. The van der Waals surface area contributed by atoms with Crippen LogP contribution in [0, 0.1) is 6.92 Å². The van der Waals surface area contributed by atoms with Gasteiger partial charge in [0.05, 0.1) is 12.7 Å². The molecule has 0 atom stereocenters. The molecule has 1 saturated carbocycles. The summed E-state index contributed by atoms with van der Waals surface area (Å²) >= 11 is 0. The van der Waals surface area contributed by atoms with Crippen LogP contribution < -0.4 is 10.1 Å². The van der Waals surface area contributed by atoms with Crippen LogP contribution in [0.1, 0.15) is 47.2 Å². The van der Waals surface area contributed by atoms with Gasteiger partial charge in [-0.05, 0) is 68.0 Å². The quantitative estimate of drug-likeness (QED) is 0.871. The van der Waals surface area contributed by atoms with Crippen LogP contribution in [0.15, 0.2) is 42.5 Å². The molecule has 0 saturated heterocycles. The number of benzene rings is 2. The Kier molecular flexibility index (Phi) is 5.16. The average molecular weight is 325 g/mol. The number of carbonyl (C=O) groups excluding carboxylic acids is 1. The topological polar surface area (TPSA) is 58.6 Å². The summed E-state index contributed by atoms with van der Waals surface area (Å²) in [6.07, 6.45) is 4.87. The molecule has 2 aromatic carbocycles. The van der Waals surface area contributed by atoms with Crippen molar-refractivity contribution in [2.24, 2.45) is 0 Å². The molecule has 2 aromatic rings. The first kappa shape index (κ1) is 16.5. The van der Waals surface area contributed by atoms with Crippen LogP contribution >= 0.6 is 0 Å². The number of ether oxygens (including phenoxy) is 1. The van der Waals surface area contributed by atoms with Gasteiger partial charge < -0.3 is 15.2 Å². The second-order valence-electron chi connectivity index (χ2n) is 6.31. The van der Waals surface area contributed by atoms with Crippen molar-refractivity contribution < 1.29 is 14.6 Å². The van der Waals surface area contributed by atoms with Crippen LogP contribution in [0.3, 0.4) is 0 Å². The molecule has 0 heterocycles. The van der Waals surface area contributed by atoms with Crippen molar-refractivity contribution in [1.29, 1.82) is 0 Å². The zero-order valence-electron chi connectivity index (χ0n) is 13.9. The summed E-state index contributed by atoms with van der Waals surface area (Å²) in [5, 5.41) is 12.2. The van der Waals surface area contributed by atoms with E-state index in [0.717, 1.165) is 29.7 Å². The van der Waals surface area contributed by atoms with Gasteiger partial charge in [-0.25, -0.2) is 0 Å². The second-order valence-corrected chi connectivity index (χ2v) is 6.31. The summed E-state index contributed by atoms with van der Waals surface area (Å²) in [7, 11) is 0. The molecular weight excluding hydrogens is 302 g/mol. The SMILES string of the molecule is Cc1ccc(CO)cc1NC(=O)c1cccc(OC2CCCC2)c1. The predicted molar refractivity (Wildman–Crippen MR) is 94.4 cm³/mol. The highest BCUT2D eigenvalue weighted by atomic mass is 16.5. The highest BCUT2D eigenvalue weighted by Crippen LogP contribution is 2.25. The average Bonchev–Trinajstić information content (AvgIpc) is 3.10. The lowest BCUT2D eigenvalue weighted by Crippen LogP contribution is -2.14. The van der Waals surface area contributed by atoms with E-state index in [1.807, 2.05) is 31.2 Å². The van der Waals surface area contributed by atoms with Gasteiger partial charge in [-0.3, -0.25) is 4.79 Å². The third kappa shape index (κ3) is 3.95. The molecule has 1 fully saturated rings. The Morgan fingerprint density at radius 2 is 2.00 bits per heavy atom. The number of hydrogen-bond donors (Lipinski definition) is 2. The van der Waals surface area contributed by atoms with Crippen molar-refractivity contribution >= 4 is 11.6 Å². The van der Waals surface area contributed by atoms with Crippen molar-refractivity contribution in [3.8, 4) is 5.75 Å². The van der Waals surface area contributed by atoms with Gasteiger partial charge in [0.25, 0.3) is 5.91 Å². The molecule has 2 N–H and O–H groups in total. The molecule has 0 bridgehead atoms. The molecule has 0 aliphatic heterocycles.